The van der Waals surface area contributed by atoms with Crippen molar-refractivity contribution < 1.29 is 9.59 Å². The van der Waals surface area contributed by atoms with E-state index >= 15 is 0 Å². The number of nitrogens with zero attached hydrogens (tertiary/aromatic N) is 2. The van der Waals surface area contributed by atoms with Crippen LogP contribution in [0.3, 0.4) is 0 Å². The largest absolute Gasteiger partial charge is 0.406 e. The van der Waals surface area contributed by atoms with Gasteiger partial charge in [0.1, 0.15) is 0 Å². The van der Waals surface area contributed by atoms with Crippen molar-refractivity contribution in [3.63, 3.8) is 0 Å². The molecular formula is C32H52Br2N2O2P2Si2+2. The van der Waals surface area contributed by atoms with Crippen LogP contribution in [-0.2, 0) is 0 Å². The normalized spacial score (nSPS) is 8.48. The molecule has 0 fully saturated rings. The van der Waals surface area contributed by atoms with Crippen LogP contribution in [0.2, 0.25) is 0 Å². The Morgan fingerprint density at radius 2 is 0.690 bits per heavy atom. The van der Waals surface area contributed by atoms with E-state index in [-0.39, 0.29) is 29.7 Å². The molecule has 4 rings (SSSR count). The van der Waals surface area contributed by atoms with Crippen LogP contribution in [0.25, 0.3) is 0 Å². The summed E-state index contributed by atoms with van der Waals surface area (Å²) in [7, 11) is -0.0309. The minimum absolute atomic E-state index is 0. The average molecular weight is 775 g/mol. The third-order valence-corrected chi connectivity index (χ3v) is 7.62. The van der Waals surface area contributed by atoms with Gasteiger partial charge in [0.05, 0.1) is 23.3 Å². The van der Waals surface area contributed by atoms with Gasteiger partial charge in [-0.1, -0.05) is 134 Å². The molecule has 2 unspecified atom stereocenters. The van der Waals surface area contributed by atoms with E-state index in [2.05, 4.69) is 45.2 Å². The van der Waals surface area contributed by atoms with E-state index in [0.29, 0.717) is 27.4 Å². The number of nitriles is 2. The lowest BCUT2D eigenvalue weighted by atomic mass is 10.2. The standard InChI is InChI=1S/2C7H5N.2C6H5Br.2CH7OPSi.4CH4/c2*8-6-7-4-2-1-3-5-7;2*7-6-4-2-1-3-5-6;2*1-3-4-2;;;;/h2*1-5H;2*1-5H;2*2-3H,4H2,1H3;4*1H4/p+2. The molecule has 0 aliphatic rings. The van der Waals surface area contributed by atoms with Crippen LogP contribution in [0.15, 0.2) is 130 Å². The second kappa shape index (κ2) is 43.5. The van der Waals surface area contributed by atoms with Crippen LogP contribution in [0.5, 0.6) is 0 Å². The predicted molar refractivity (Wildman–Crippen MR) is 210 cm³/mol. The molecule has 4 nitrogen and oxygen atoms in total. The van der Waals surface area contributed by atoms with Crippen LogP contribution < -0.4 is 0 Å². The average Bonchev–Trinajstić information content (AvgIpc) is 3.00. The summed E-state index contributed by atoms with van der Waals surface area (Å²) in [6.07, 6.45) is 0. The zero-order valence-electron chi connectivity index (χ0n) is 21.7. The molecule has 42 heavy (non-hydrogen) atoms. The number of hydrogen-bond acceptors (Lipinski definition) is 4. The Morgan fingerprint density at radius 3 is 0.786 bits per heavy atom. The zero-order valence-corrected chi connectivity index (χ0v) is 30.0. The molecule has 10 heteroatoms. The van der Waals surface area contributed by atoms with Gasteiger partial charge < -0.3 is 9.59 Å². The SMILES string of the molecule is Brc1ccccc1.Brc1ccccc1.C.C.C.C.C[PH2+][SiH2]O.C[PH2+][SiH2]O.N#Cc1ccccc1.N#Cc1ccccc1. The van der Waals surface area contributed by atoms with Gasteiger partial charge in [-0.25, -0.2) is 0 Å². The molecule has 0 saturated heterocycles. The third-order valence-electron chi connectivity index (χ3n) is 3.64. The van der Waals surface area contributed by atoms with Gasteiger partial charge >= 0.3 is 18.9 Å². The lowest BCUT2D eigenvalue weighted by Crippen LogP contribution is -1.66. The number of benzene rings is 4. The van der Waals surface area contributed by atoms with Crippen molar-refractivity contribution in [2.24, 2.45) is 0 Å². The van der Waals surface area contributed by atoms with Crippen LogP contribution in [-0.4, -0.2) is 41.8 Å². The first-order chi connectivity index (χ1) is 18.5. The Bertz CT molecular complexity index is 1010. The molecule has 0 aliphatic carbocycles. The molecule has 0 bridgehead atoms. The summed E-state index contributed by atoms with van der Waals surface area (Å²) < 4.78 is 2.27. The van der Waals surface area contributed by atoms with Gasteiger partial charge in [-0.3, -0.25) is 0 Å². The topological polar surface area (TPSA) is 88.0 Å². The van der Waals surface area contributed by atoms with Crippen molar-refractivity contribution in [1.29, 1.82) is 10.5 Å². The molecule has 0 spiro atoms. The van der Waals surface area contributed by atoms with Crippen molar-refractivity contribution >= 4 is 67.0 Å². The Labute approximate surface area is 282 Å². The smallest absolute Gasteiger partial charge is 0.333 e. The summed E-state index contributed by atoms with van der Waals surface area (Å²) in [6.45, 7) is 4.15. The molecule has 0 aromatic heterocycles. The van der Waals surface area contributed by atoms with Crippen molar-refractivity contribution in [2.75, 3.05) is 13.3 Å². The van der Waals surface area contributed by atoms with Crippen LogP contribution in [0, 0.1) is 22.7 Å². The van der Waals surface area contributed by atoms with E-state index in [4.69, 9.17) is 20.1 Å². The van der Waals surface area contributed by atoms with Gasteiger partial charge in [-0.15, -0.1) is 0 Å². The Hall–Kier alpha value is -1.97. The predicted octanol–water partition coefficient (Wildman–Crippen LogP) is 8.60. The highest BCUT2D eigenvalue weighted by Crippen LogP contribution is 2.06. The van der Waals surface area contributed by atoms with E-state index in [9.17, 15) is 0 Å². The maximum atomic E-state index is 8.29. The summed E-state index contributed by atoms with van der Waals surface area (Å²) in [4.78, 5) is 16.1. The molecule has 4 aromatic carbocycles. The highest BCUT2D eigenvalue weighted by atomic mass is 79.9. The molecule has 0 heterocycles. The summed E-state index contributed by atoms with van der Waals surface area (Å²) in [5, 5.41) is 16.6. The van der Waals surface area contributed by atoms with E-state index in [1.807, 2.05) is 109 Å². The highest BCUT2D eigenvalue weighted by molar-refractivity contribution is 9.10. The second-order valence-corrected chi connectivity index (χ2v) is 18.0. The molecule has 2 N–H and O–H groups in total. The quantitative estimate of drug-likeness (QED) is 0.158. The molecule has 0 aliphatic heterocycles. The fourth-order valence-electron chi connectivity index (χ4n) is 1.85. The van der Waals surface area contributed by atoms with Crippen molar-refractivity contribution in [1.82, 2.24) is 0 Å². The summed E-state index contributed by atoms with van der Waals surface area (Å²) in [6, 6.07) is 42.3. The van der Waals surface area contributed by atoms with Crippen LogP contribution >= 0.6 is 48.1 Å². The molecule has 2 atom stereocenters. The lowest BCUT2D eigenvalue weighted by molar-refractivity contribution is 0.622. The van der Waals surface area contributed by atoms with E-state index in [1.54, 1.807) is 24.3 Å². The third kappa shape index (κ3) is 40.2. The Kier molecular flexibility index (Phi) is 54.5. The number of rotatable bonds is 2. The summed E-state index contributed by atoms with van der Waals surface area (Å²) >= 11 is 6.62. The maximum absolute atomic E-state index is 8.29. The monoisotopic (exact) mass is 772 g/mol. The Morgan fingerprint density at radius 1 is 0.500 bits per heavy atom. The maximum Gasteiger partial charge on any atom is 0.333 e. The summed E-state index contributed by atoms with van der Waals surface area (Å²) in [5.41, 5.74) is 1.43. The van der Waals surface area contributed by atoms with Gasteiger partial charge in [0.15, 0.2) is 0 Å². The van der Waals surface area contributed by atoms with E-state index < -0.39 is 18.9 Å². The highest BCUT2D eigenvalue weighted by Gasteiger charge is 1.80. The van der Waals surface area contributed by atoms with Crippen LogP contribution in [0.1, 0.15) is 40.8 Å². The van der Waals surface area contributed by atoms with Gasteiger partial charge in [0.2, 0.25) is 0 Å². The fraction of sp³-hybridized carbons (Fsp3) is 0.188. The minimum atomic E-state index is -0.492. The van der Waals surface area contributed by atoms with Gasteiger partial charge in [0.25, 0.3) is 0 Å². The molecule has 4 aromatic rings. The molecule has 232 valence electrons. The fourth-order valence-corrected chi connectivity index (χ4v) is 2.47. The van der Waals surface area contributed by atoms with Crippen LogP contribution in [0.4, 0.5) is 0 Å². The van der Waals surface area contributed by atoms with Crippen molar-refractivity contribution in [3.8, 4) is 12.1 Å². The molecule has 0 radical (unpaired) electrons. The summed E-state index contributed by atoms with van der Waals surface area (Å²) in [5.74, 6) is 0. The van der Waals surface area contributed by atoms with Gasteiger partial charge in [0, 0.05) is 22.3 Å². The first kappa shape index (κ1) is 52.7. The second-order valence-electron chi connectivity index (χ2n) is 6.73. The number of halogens is 2. The van der Waals surface area contributed by atoms with Gasteiger partial charge in [-0.05, 0) is 64.8 Å². The molecular weight excluding hydrogens is 722 g/mol. The van der Waals surface area contributed by atoms with E-state index in [0.717, 1.165) is 8.95 Å². The van der Waals surface area contributed by atoms with Gasteiger partial charge in [-0.2, -0.15) is 10.5 Å². The number of hydrogen-bond donors (Lipinski definition) is 2. The first-order valence-corrected chi connectivity index (χ1v) is 23.3. The minimum Gasteiger partial charge on any atom is -0.406 e. The molecule has 0 amide bonds. The lowest BCUT2D eigenvalue weighted by Gasteiger charge is -1.80. The zero-order chi connectivity index (χ0) is 28.7. The molecule has 0 saturated carbocycles. The van der Waals surface area contributed by atoms with Crippen molar-refractivity contribution in [3.05, 3.63) is 141 Å². The first-order valence-electron chi connectivity index (χ1n) is 11.6. The Balaban J connectivity index is -0.0000000926. The van der Waals surface area contributed by atoms with E-state index in [1.165, 1.54) is 0 Å². The van der Waals surface area contributed by atoms with Crippen molar-refractivity contribution in [2.45, 2.75) is 29.7 Å².